The molecule has 1 saturated heterocycles. The molecule has 0 radical (unpaired) electrons. The fourth-order valence-corrected chi connectivity index (χ4v) is 7.61. The molecule has 7 atom stereocenters. The Kier molecular flexibility index (Phi) is 3.57. The summed E-state index contributed by atoms with van der Waals surface area (Å²) in [6, 6.07) is 0.423. The molecule has 0 aromatic rings. The van der Waals surface area contributed by atoms with Crippen molar-refractivity contribution in [1.29, 1.82) is 0 Å². The summed E-state index contributed by atoms with van der Waals surface area (Å²) in [6.45, 7) is 7.16. The highest BCUT2D eigenvalue weighted by Crippen LogP contribution is 2.65. The van der Waals surface area contributed by atoms with Crippen LogP contribution in [0.4, 0.5) is 0 Å². The van der Waals surface area contributed by atoms with Crippen LogP contribution in [0.5, 0.6) is 0 Å². The van der Waals surface area contributed by atoms with Crippen molar-refractivity contribution in [1.82, 2.24) is 4.90 Å². The lowest BCUT2D eigenvalue weighted by Crippen LogP contribution is -2.61. The van der Waals surface area contributed by atoms with E-state index < -0.39 is 0 Å². The normalized spacial score (nSPS) is 52.8. The van der Waals surface area contributed by atoms with E-state index in [9.17, 15) is 10.0 Å². The first-order valence-corrected chi connectivity index (χ1v) is 9.80. The van der Waals surface area contributed by atoms with Crippen LogP contribution in [0.1, 0.15) is 65.7 Å². The molecule has 1 N–H and O–H groups in total. The predicted octanol–water partition coefficient (Wildman–Crippen LogP) is 3.93. The summed E-state index contributed by atoms with van der Waals surface area (Å²) in [5.74, 6) is 3.02. The molecule has 1 aliphatic heterocycles. The molecule has 134 valence electrons. The van der Waals surface area contributed by atoms with Crippen LogP contribution in [0, 0.1) is 34.5 Å². The van der Waals surface area contributed by atoms with Crippen molar-refractivity contribution in [2.75, 3.05) is 7.05 Å². The Labute approximate surface area is 145 Å². The van der Waals surface area contributed by atoms with E-state index in [-0.39, 0.29) is 10.8 Å². The fourth-order valence-electron chi connectivity index (χ4n) is 7.61. The Morgan fingerprint density at radius 1 is 1.21 bits per heavy atom. The molecule has 3 saturated carbocycles. The summed E-state index contributed by atoms with van der Waals surface area (Å²) >= 11 is 0. The Bertz CT molecular complexity index is 588. The zero-order valence-electron chi connectivity index (χ0n) is 15.6. The summed E-state index contributed by atoms with van der Waals surface area (Å²) in [4.78, 5) is 14.3. The second kappa shape index (κ2) is 5.22. The van der Waals surface area contributed by atoms with E-state index in [4.69, 9.17) is 0 Å². The molecule has 1 heterocycles. The van der Waals surface area contributed by atoms with Crippen molar-refractivity contribution >= 4 is 11.6 Å². The maximum atomic E-state index is 12.2. The van der Waals surface area contributed by atoms with Crippen LogP contribution in [-0.2, 0) is 4.79 Å². The highest BCUT2D eigenvalue weighted by atomic mass is 16.4. The van der Waals surface area contributed by atoms with Gasteiger partial charge in [0, 0.05) is 24.9 Å². The van der Waals surface area contributed by atoms with E-state index in [1.165, 1.54) is 12.8 Å². The zero-order valence-corrected chi connectivity index (χ0v) is 15.6. The lowest BCUT2D eigenvalue weighted by molar-refractivity contribution is -0.156. The molecular formula is C20H32N2O2. The van der Waals surface area contributed by atoms with Crippen molar-refractivity contribution in [2.24, 2.45) is 39.7 Å². The fraction of sp³-hybridized carbons (Fsp3) is 0.900. The van der Waals surface area contributed by atoms with Gasteiger partial charge >= 0.3 is 0 Å². The van der Waals surface area contributed by atoms with Crippen molar-refractivity contribution < 1.29 is 10.0 Å². The van der Waals surface area contributed by atoms with Gasteiger partial charge in [-0.2, -0.15) is 0 Å². The van der Waals surface area contributed by atoms with Gasteiger partial charge in [-0.25, -0.2) is 0 Å². The van der Waals surface area contributed by atoms with Crippen LogP contribution in [0.15, 0.2) is 5.16 Å². The van der Waals surface area contributed by atoms with E-state index in [2.05, 4.69) is 30.8 Å². The third-order valence-corrected chi connectivity index (χ3v) is 8.72. The molecule has 0 spiro atoms. The van der Waals surface area contributed by atoms with E-state index in [1.54, 1.807) is 0 Å². The van der Waals surface area contributed by atoms with Gasteiger partial charge in [-0.1, -0.05) is 25.9 Å². The first-order valence-electron chi connectivity index (χ1n) is 9.80. The molecular weight excluding hydrogens is 300 g/mol. The Morgan fingerprint density at radius 2 is 1.96 bits per heavy atom. The zero-order chi connectivity index (χ0) is 17.3. The van der Waals surface area contributed by atoms with Crippen molar-refractivity contribution in [3.63, 3.8) is 0 Å². The number of hydrogen-bond donors (Lipinski definition) is 1. The molecule has 4 rings (SSSR count). The SMILES string of the molecule is C[C@@H]1C/C(=N/O)[C@@]2(C)CCC3C(CC[C@H]4N(C)C(=O)CC[C@]34C)C12. The number of hydrogen-bond acceptors (Lipinski definition) is 3. The van der Waals surface area contributed by atoms with Crippen LogP contribution in [-0.4, -0.2) is 34.8 Å². The van der Waals surface area contributed by atoms with Gasteiger partial charge in [-0.3, -0.25) is 4.79 Å². The molecule has 0 aromatic heterocycles. The lowest BCUT2D eigenvalue weighted by atomic mass is 9.46. The van der Waals surface area contributed by atoms with E-state index in [0.717, 1.165) is 37.3 Å². The smallest absolute Gasteiger partial charge is 0.222 e. The quantitative estimate of drug-likeness (QED) is 0.540. The van der Waals surface area contributed by atoms with Crippen LogP contribution < -0.4 is 0 Å². The first kappa shape index (κ1) is 16.4. The van der Waals surface area contributed by atoms with Gasteiger partial charge in [0.05, 0.1) is 5.71 Å². The minimum absolute atomic E-state index is 0.0922. The molecule has 0 bridgehead atoms. The van der Waals surface area contributed by atoms with Crippen LogP contribution in [0.2, 0.25) is 0 Å². The highest BCUT2D eigenvalue weighted by Gasteiger charge is 2.62. The van der Waals surface area contributed by atoms with E-state index in [0.29, 0.717) is 36.1 Å². The second-order valence-electron chi connectivity index (χ2n) is 9.58. The van der Waals surface area contributed by atoms with E-state index in [1.807, 2.05) is 7.05 Å². The van der Waals surface area contributed by atoms with Gasteiger partial charge in [-0.15, -0.1) is 0 Å². The number of rotatable bonds is 0. The van der Waals surface area contributed by atoms with Gasteiger partial charge in [0.1, 0.15) is 0 Å². The predicted molar refractivity (Wildman–Crippen MR) is 93.9 cm³/mol. The van der Waals surface area contributed by atoms with Crippen LogP contribution >= 0.6 is 0 Å². The van der Waals surface area contributed by atoms with E-state index >= 15 is 0 Å². The minimum atomic E-state index is 0.0922. The van der Waals surface area contributed by atoms with Gasteiger partial charge in [-0.05, 0) is 67.6 Å². The van der Waals surface area contributed by atoms with Crippen molar-refractivity contribution in [3.05, 3.63) is 0 Å². The summed E-state index contributed by atoms with van der Waals surface area (Å²) in [5, 5.41) is 13.2. The molecule has 4 heteroatoms. The Morgan fingerprint density at radius 3 is 2.67 bits per heavy atom. The number of oxime groups is 1. The van der Waals surface area contributed by atoms with Crippen molar-refractivity contribution in [2.45, 2.75) is 71.8 Å². The van der Waals surface area contributed by atoms with Crippen LogP contribution in [0.3, 0.4) is 0 Å². The largest absolute Gasteiger partial charge is 0.411 e. The number of amides is 1. The molecule has 3 unspecified atom stereocenters. The average Bonchev–Trinajstić information content (AvgIpc) is 2.82. The average molecular weight is 332 g/mol. The molecule has 0 aromatic carbocycles. The summed E-state index contributed by atoms with van der Waals surface area (Å²) in [7, 11) is 2.02. The Balaban J connectivity index is 1.69. The Hall–Kier alpha value is -1.06. The molecule has 4 nitrogen and oxygen atoms in total. The molecule has 3 aliphatic carbocycles. The van der Waals surface area contributed by atoms with Crippen LogP contribution in [0.25, 0.3) is 0 Å². The lowest BCUT2D eigenvalue weighted by Gasteiger charge is -2.61. The third-order valence-electron chi connectivity index (χ3n) is 8.72. The maximum Gasteiger partial charge on any atom is 0.222 e. The molecule has 4 fully saturated rings. The monoisotopic (exact) mass is 332 g/mol. The topological polar surface area (TPSA) is 52.9 Å². The first-order chi connectivity index (χ1) is 11.3. The number of nitrogens with zero attached hydrogens (tertiary/aromatic N) is 2. The number of piperidine rings is 1. The third kappa shape index (κ3) is 1.91. The highest BCUT2D eigenvalue weighted by molar-refractivity contribution is 5.92. The minimum Gasteiger partial charge on any atom is -0.411 e. The van der Waals surface area contributed by atoms with Crippen molar-refractivity contribution in [3.8, 4) is 0 Å². The number of carbonyl (C=O) groups is 1. The van der Waals surface area contributed by atoms with Gasteiger partial charge < -0.3 is 10.1 Å². The number of likely N-dealkylation sites (tertiary alicyclic amines) is 1. The molecule has 4 aliphatic rings. The molecule has 1 amide bonds. The standard InChI is InChI=1S/C20H32N2O2/c1-12-11-15(21-24)20(3)9-7-14-13(18(12)20)5-6-16-19(14,2)10-8-17(23)22(16)4/h12-14,16,18,24H,5-11H2,1-4H3/b21-15-/t12-,13?,14?,16-,18?,19-,20-/m1/s1. The summed E-state index contributed by atoms with van der Waals surface area (Å²) < 4.78 is 0. The number of fused-ring (bicyclic) bond motifs is 5. The van der Waals surface area contributed by atoms with Gasteiger partial charge in [0.25, 0.3) is 0 Å². The summed E-state index contributed by atoms with van der Waals surface area (Å²) in [6.07, 6.45) is 7.46. The van der Waals surface area contributed by atoms with Gasteiger partial charge in [0.15, 0.2) is 0 Å². The second-order valence-corrected chi connectivity index (χ2v) is 9.58. The number of carbonyl (C=O) groups excluding carboxylic acids is 1. The maximum absolute atomic E-state index is 12.2. The summed E-state index contributed by atoms with van der Waals surface area (Å²) in [5.41, 5.74) is 1.40. The van der Waals surface area contributed by atoms with Gasteiger partial charge in [0.2, 0.25) is 5.91 Å². The molecule has 24 heavy (non-hydrogen) atoms.